The summed E-state index contributed by atoms with van der Waals surface area (Å²) in [6, 6.07) is 0. The summed E-state index contributed by atoms with van der Waals surface area (Å²) in [5.74, 6) is -2.07. The Bertz CT molecular complexity index is 344. The zero-order chi connectivity index (χ0) is 14.1. The fraction of sp³-hybridized carbons (Fsp3) is 0.455. The molecule has 0 rings (SSSR count). The van der Waals surface area contributed by atoms with Gasteiger partial charge in [0.25, 0.3) is 5.91 Å². The molecule has 0 bridgehead atoms. The highest BCUT2D eigenvalue weighted by atomic mass is 19.1. The number of ether oxygens (including phenoxy) is 1. The molecule has 0 spiro atoms. The quantitative estimate of drug-likeness (QED) is 0.277. The van der Waals surface area contributed by atoms with Crippen LogP contribution in [0.25, 0.3) is 0 Å². The molecule has 0 saturated heterocycles. The van der Waals surface area contributed by atoms with Gasteiger partial charge in [-0.05, 0) is 5.57 Å². The van der Waals surface area contributed by atoms with E-state index in [4.69, 9.17) is 9.84 Å². The molecule has 1 atom stereocenters. The van der Waals surface area contributed by atoms with Crippen molar-refractivity contribution < 1.29 is 23.8 Å². The van der Waals surface area contributed by atoms with Crippen molar-refractivity contribution in [2.24, 2.45) is 0 Å². The first kappa shape index (κ1) is 16.3. The molecule has 2 N–H and O–H groups in total. The van der Waals surface area contributed by atoms with Gasteiger partial charge in [-0.15, -0.1) is 0 Å². The summed E-state index contributed by atoms with van der Waals surface area (Å²) in [6.45, 7) is 3.27. The number of likely N-dealkylation sites (N-methyl/N-ethyl adjacent to an activating group) is 1. The smallest absolute Gasteiger partial charge is 0.281 e. The second-order valence-corrected chi connectivity index (χ2v) is 3.41. The Kier molecular flexibility index (Phi) is 7.57. The first-order valence-corrected chi connectivity index (χ1v) is 5.12. The third-order valence-corrected chi connectivity index (χ3v) is 2.12. The molecule has 2 amide bonds. The van der Waals surface area contributed by atoms with E-state index in [2.05, 4.69) is 11.9 Å². The number of halogens is 1. The van der Waals surface area contributed by atoms with Gasteiger partial charge in [-0.3, -0.25) is 14.5 Å². The van der Waals surface area contributed by atoms with Gasteiger partial charge in [-0.25, -0.2) is 0 Å². The summed E-state index contributed by atoms with van der Waals surface area (Å²) in [4.78, 5) is 22.6. The Hall–Kier alpha value is -1.73. The monoisotopic (exact) mass is 260 g/mol. The summed E-state index contributed by atoms with van der Waals surface area (Å²) >= 11 is 0. The van der Waals surface area contributed by atoms with Crippen molar-refractivity contribution in [2.75, 3.05) is 20.8 Å². The molecular weight excluding hydrogens is 243 g/mol. The van der Waals surface area contributed by atoms with Crippen LogP contribution in [0.1, 0.15) is 6.42 Å². The van der Waals surface area contributed by atoms with Crippen molar-refractivity contribution in [1.82, 2.24) is 10.2 Å². The van der Waals surface area contributed by atoms with Gasteiger partial charge >= 0.3 is 0 Å². The van der Waals surface area contributed by atoms with E-state index in [9.17, 15) is 14.0 Å². The van der Waals surface area contributed by atoms with Gasteiger partial charge in [0.2, 0.25) is 12.2 Å². The topological polar surface area (TPSA) is 78.9 Å². The number of carbonyl (C=O) groups excluding carboxylic acids is 2. The molecule has 6 nitrogen and oxygen atoms in total. The van der Waals surface area contributed by atoms with Crippen LogP contribution in [0, 0.1) is 0 Å². The highest BCUT2D eigenvalue weighted by Gasteiger charge is 2.18. The predicted octanol–water partition coefficient (Wildman–Crippen LogP) is -0.0872. The van der Waals surface area contributed by atoms with Crippen LogP contribution in [-0.2, 0) is 14.3 Å². The first-order valence-electron chi connectivity index (χ1n) is 5.12. The van der Waals surface area contributed by atoms with E-state index < -0.39 is 18.0 Å². The van der Waals surface area contributed by atoms with Crippen LogP contribution in [0.4, 0.5) is 4.39 Å². The number of methoxy groups -OCH3 is 1. The molecular formula is C11H17FN2O4. The number of rotatable bonds is 8. The minimum absolute atomic E-state index is 0.128. The van der Waals surface area contributed by atoms with E-state index in [0.717, 1.165) is 11.1 Å². The van der Waals surface area contributed by atoms with Gasteiger partial charge in [0.05, 0.1) is 12.8 Å². The van der Waals surface area contributed by atoms with Gasteiger partial charge in [-0.1, -0.05) is 6.58 Å². The summed E-state index contributed by atoms with van der Waals surface area (Å²) in [7, 11) is 2.58. The molecule has 0 aliphatic rings. The fourth-order valence-corrected chi connectivity index (χ4v) is 1.11. The molecule has 0 radical (unpaired) electrons. The molecule has 0 aromatic heterocycles. The number of carbonyl (C=O) groups is 2. The van der Waals surface area contributed by atoms with Gasteiger partial charge < -0.3 is 15.2 Å². The maximum atomic E-state index is 13.3. The molecule has 18 heavy (non-hydrogen) atoms. The van der Waals surface area contributed by atoms with Crippen molar-refractivity contribution in [2.45, 2.75) is 12.6 Å². The van der Waals surface area contributed by atoms with E-state index in [1.807, 2.05) is 0 Å². The minimum Gasteiger partial charge on any atom is -0.392 e. The minimum atomic E-state index is -1.12. The molecule has 7 heteroatoms. The molecule has 0 aliphatic heterocycles. The van der Waals surface area contributed by atoms with Crippen molar-refractivity contribution in [3.63, 3.8) is 0 Å². The van der Waals surface area contributed by atoms with Crippen molar-refractivity contribution in [3.8, 4) is 0 Å². The molecule has 0 heterocycles. The summed E-state index contributed by atoms with van der Waals surface area (Å²) in [5.41, 5.74) is 0.419. The van der Waals surface area contributed by atoms with E-state index >= 15 is 0 Å². The highest BCUT2D eigenvalue weighted by Crippen LogP contribution is 2.12. The van der Waals surface area contributed by atoms with Gasteiger partial charge in [-0.2, -0.15) is 4.39 Å². The number of amides is 2. The Morgan fingerprint density at radius 2 is 2.28 bits per heavy atom. The lowest BCUT2D eigenvalue weighted by Gasteiger charge is -2.24. The van der Waals surface area contributed by atoms with E-state index in [-0.39, 0.29) is 13.0 Å². The molecule has 0 aromatic rings. The summed E-state index contributed by atoms with van der Waals surface area (Å²) < 4.78 is 18.2. The van der Waals surface area contributed by atoms with Crippen molar-refractivity contribution >= 4 is 12.3 Å². The first-order chi connectivity index (χ1) is 8.49. The second-order valence-electron chi connectivity index (χ2n) is 3.41. The largest absolute Gasteiger partial charge is 0.392 e. The highest BCUT2D eigenvalue weighted by molar-refractivity contribution is 5.91. The Balaban J connectivity index is 4.87. The number of aliphatic hydroxyl groups is 1. The Morgan fingerprint density at radius 1 is 1.67 bits per heavy atom. The average molecular weight is 260 g/mol. The summed E-state index contributed by atoms with van der Waals surface area (Å²) in [6.07, 6.45) is 0.340. The lowest BCUT2D eigenvalue weighted by Crippen LogP contribution is -2.33. The van der Waals surface area contributed by atoms with Crippen LogP contribution < -0.4 is 5.32 Å². The zero-order valence-corrected chi connectivity index (χ0v) is 10.4. The molecule has 0 saturated carbocycles. The summed E-state index contributed by atoms with van der Waals surface area (Å²) in [5, 5.41) is 10.9. The molecule has 0 aromatic carbocycles. The van der Waals surface area contributed by atoms with Crippen LogP contribution in [0.15, 0.2) is 24.2 Å². The molecule has 0 aliphatic carbocycles. The van der Waals surface area contributed by atoms with Crippen molar-refractivity contribution in [3.05, 3.63) is 24.2 Å². The molecule has 1 unspecified atom stereocenters. The molecule has 0 fully saturated rings. The van der Waals surface area contributed by atoms with Crippen LogP contribution in [0.2, 0.25) is 0 Å². The maximum Gasteiger partial charge on any atom is 0.281 e. The average Bonchev–Trinajstić information content (AvgIpc) is 2.40. The molecule has 102 valence electrons. The Morgan fingerprint density at radius 3 is 2.67 bits per heavy atom. The zero-order valence-electron chi connectivity index (χ0n) is 10.4. The standard InChI is InChI=1S/C11H17FN2O4/c1-8(6-15)4-10(18-3)14(7-16)5-9(12)11(17)13-2/h5,7,10,15H,1,4,6H2,2-3H3,(H,13,17)/b9-5+. The van der Waals surface area contributed by atoms with Crippen molar-refractivity contribution in [1.29, 1.82) is 0 Å². The van der Waals surface area contributed by atoms with Gasteiger partial charge in [0.1, 0.15) is 6.23 Å². The fourth-order valence-electron chi connectivity index (χ4n) is 1.11. The van der Waals surface area contributed by atoms with E-state index in [1.54, 1.807) is 0 Å². The number of aliphatic hydroxyl groups excluding tert-OH is 1. The third-order valence-electron chi connectivity index (χ3n) is 2.12. The maximum absolute atomic E-state index is 13.3. The van der Waals surface area contributed by atoms with Crippen LogP contribution in [0.3, 0.4) is 0 Å². The van der Waals surface area contributed by atoms with E-state index in [0.29, 0.717) is 12.0 Å². The Labute approximate surface area is 105 Å². The SMILES string of the molecule is C=C(CO)CC(OC)N(C=O)/C=C(/F)C(=O)NC. The number of hydrogen-bond acceptors (Lipinski definition) is 4. The third kappa shape index (κ3) is 5.07. The van der Waals surface area contributed by atoms with Crippen LogP contribution in [0.5, 0.6) is 0 Å². The number of nitrogens with zero attached hydrogens (tertiary/aromatic N) is 1. The number of hydrogen-bond donors (Lipinski definition) is 2. The second kappa shape index (κ2) is 8.37. The normalized spacial score (nSPS) is 12.8. The lowest BCUT2D eigenvalue weighted by atomic mass is 10.2. The van der Waals surface area contributed by atoms with Gasteiger partial charge in [0.15, 0.2) is 0 Å². The van der Waals surface area contributed by atoms with Crippen LogP contribution in [-0.4, -0.2) is 49.3 Å². The lowest BCUT2D eigenvalue weighted by molar-refractivity contribution is -0.125. The van der Waals surface area contributed by atoms with E-state index in [1.165, 1.54) is 14.2 Å². The predicted molar refractivity (Wildman–Crippen MR) is 62.8 cm³/mol. The van der Waals surface area contributed by atoms with Gasteiger partial charge in [0, 0.05) is 20.6 Å². The van der Waals surface area contributed by atoms with Crippen LogP contribution >= 0.6 is 0 Å². The number of nitrogens with one attached hydrogen (secondary N) is 1.